The van der Waals surface area contributed by atoms with Gasteiger partial charge in [0.25, 0.3) is 0 Å². The van der Waals surface area contributed by atoms with Crippen LogP contribution in [0.5, 0.6) is 0 Å². The number of nitrogens with two attached hydrogens (primary N) is 1. The van der Waals surface area contributed by atoms with E-state index in [4.69, 9.17) is 5.73 Å². The molecule has 7 heteroatoms. The van der Waals surface area contributed by atoms with Crippen molar-refractivity contribution in [1.29, 1.82) is 0 Å². The van der Waals surface area contributed by atoms with Crippen LogP contribution in [0.15, 0.2) is 54.9 Å². The summed E-state index contributed by atoms with van der Waals surface area (Å²) in [6.45, 7) is 0. The molecule has 0 spiro atoms. The van der Waals surface area contributed by atoms with Gasteiger partial charge in [0.05, 0.1) is 6.20 Å². The highest BCUT2D eigenvalue weighted by atomic mass is 35.5. The van der Waals surface area contributed by atoms with Crippen molar-refractivity contribution in [1.82, 2.24) is 14.6 Å². The van der Waals surface area contributed by atoms with Gasteiger partial charge in [-0.2, -0.15) is 9.61 Å². The lowest BCUT2D eigenvalue weighted by molar-refractivity contribution is -0.117. The first-order valence-corrected chi connectivity index (χ1v) is 6.16. The van der Waals surface area contributed by atoms with E-state index >= 15 is 0 Å². The van der Waals surface area contributed by atoms with Crippen LogP contribution in [0.4, 0.5) is 5.82 Å². The SMILES string of the molecule is Cl.NC(C(=O)Nc1ccnc2ccnn12)c1ccccc1. The van der Waals surface area contributed by atoms with E-state index < -0.39 is 6.04 Å². The Kier molecular flexibility index (Phi) is 4.52. The summed E-state index contributed by atoms with van der Waals surface area (Å²) in [5.74, 6) is 0.246. The second-order valence-corrected chi connectivity index (χ2v) is 4.31. The molecule has 0 saturated carbocycles. The molecule has 1 amide bonds. The maximum atomic E-state index is 12.2. The lowest BCUT2D eigenvalue weighted by Gasteiger charge is -2.13. The molecular weight excluding hydrogens is 290 g/mol. The number of fused-ring (bicyclic) bond motifs is 1. The first kappa shape index (κ1) is 15.0. The van der Waals surface area contributed by atoms with Crippen LogP contribution < -0.4 is 11.1 Å². The molecule has 6 nitrogen and oxygen atoms in total. The summed E-state index contributed by atoms with van der Waals surface area (Å²) in [5, 5.41) is 6.87. The minimum Gasteiger partial charge on any atom is -0.316 e. The Morgan fingerprint density at radius 1 is 1.14 bits per heavy atom. The number of hydrogen-bond donors (Lipinski definition) is 2. The van der Waals surface area contributed by atoms with Crippen molar-refractivity contribution >= 4 is 29.8 Å². The van der Waals surface area contributed by atoms with E-state index in [0.29, 0.717) is 11.5 Å². The number of anilines is 1. The van der Waals surface area contributed by atoms with Gasteiger partial charge in [-0.3, -0.25) is 4.79 Å². The molecule has 2 aromatic heterocycles. The van der Waals surface area contributed by atoms with E-state index in [1.54, 1.807) is 29.0 Å². The van der Waals surface area contributed by atoms with Crippen LogP contribution in [0.2, 0.25) is 0 Å². The highest BCUT2D eigenvalue weighted by molar-refractivity contribution is 5.94. The number of rotatable bonds is 3. The third-order valence-corrected chi connectivity index (χ3v) is 2.98. The second kappa shape index (κ2) is 6.34. The third-order valence-electron chi connectivity index (χ3n) is 2.98. The fourth-order valence-electron chi connectivity index (χ4n) is 1.94. The predicted octanol–water partition coefficient (Wildman–Crippen LogP) is 1.79. The van der Waals surface area contributed by atoms with E-state index in [9.17, 15) is 4.79 Å². The molecule has 0 bridgehead atoms. The average molecular weight is 304 g/mol. The molecule has 21 heavy (non-hydrogen) atoms. The maximum Gasteiger partial charge on any atom is 0.247 e. The summed E-state index contributed by atoms with van der Waals surface area (Å²) in [4.78, 5) is 16.3. The van der Waals surface area contributed by atoms with E-state index in [1.165, 1.54) is 0 Å². The minimum absolute atomic E-state index is 0. The molecule has 3 aromatic rings. The van der Waals surface area contributed by atoms with Gasteiger partial charge in [0.2, 0.25) is 5.91 Å². The standard InChI is InChI=1S/C14H13N5O.ClH/c15-13(10-4-2-1-3-5-10)14(20)18-12-6-8-16-11-7-9-17-19(11)12;/h1-9,13H,15H2,(H,18,20);1H. The summed E-state index contributed by atoms with van der Waals surface area (Å²) < 4.78 is 1.55. The maximum absolute atomic E-state index is 12.2. The van der Waals surface area contributed by atoms with Crippen LogP contribution >= 0.6 is 12.4 Å². The molecule has 108 valence electrons. The van der Waals surface area contributed by atoms with E-state index in [1.807, 2.05) is 30.3 Å². The predicted molar refractivity (Wildman–Crippen MR) is 82.2 cm³/mol. The Bertz CT molecular complexity index is 743. The summed E-state index contributed by atoms with van der Waals surface area (Å²) in [6.07, 6.45) is 3.23. The molecule has 0 radical (unpaired) electrons. The normalized spacial score (nSPS) is 11.7. The van der Waals surface area contributed by atoms with Gasteiger partial charge < -0.3 is 11.1 Å². The van der Waals surface area contributed by atoms with Gasteiger partial charge in [0.1, 0.15) is 11.9 Å². The quantitative estimate of drug-likeness (QED) is 0.772. The smallest absolute Gasteiger partial charge is 0.247 e. The first-order chi connectivity index (χ1) is 9.75. The van der Waals surface area contributed by atoms with Gasteiger partial charge in [-0.25, -0.2) is 4.98 Å². The largest absolute Gasteiger partial charge is 0.316 e. The van der Waals surface area contributed by atoms with Crippen LogP contribution in [-0.4, -0.2) is 20.5 Å². The zero-order valence-electron chi connectivity index (χ0n) is 11.0. The van der Waals surface area contributed by atoms with Crippen LogP contribution in [-0.2, 0) is 4.79 Å². The fourth-order valence-corrected chi connectivity index (χ4v) is 1.94. The van der Waals surface area contributed by atoms with Gasteiger partial charge in [-0.1, -0.05) is 30.3 Å². The van der Waals surface area contributed by atoms with E-state index in [-0.39, 0.29) is 18.3 Å². The third kappa shape index (κ3) is 3.01. The van der Waals surface area contributed by atoms with Gasteiger partial charge in [-0.05, 0) is 11.6 Å². The molecule has 1 aromatic carbocycles. The Balaban J connectivity index is 0.00000161. The summed E-state index contributed by atoms with van der Waals surface area (Å²) in [5.41, 5.74) is 7.37. The number of amides is 1. The zero-order valence-corrected chi connectivity index (χ0v) is 11.8. The monoisotopic (exact) mass is 303 g/mol. The van der Waals surface area contributed by atoms with Gasteiger partial charge in [0.15, 0.2) is 5.65 Å². The van der Waals surface area contributed by atoms with Crippen molar-refractivity contribution in [2.24, 2.45) is 5.73 Å². The van der Waals surface area contributed by atoms with Crippen molar-refractivity contribution in [3.63, 3.8) is 0 Å². The number of hydrogen-bond acceptors (Lipinski definition) is 4. The molecule has 3 N–H and O–H groups in total. The van der Waals surface area contributed by atoms with Crippen molar-refractivity contribution in [3.8, 4) is 0 Å². The first-order valence-electron chi connectivity index (χ1n) is 6.16. The molecule has 1 unspecified atom stereocenters. The topological polar surface area (TPSA) is 85.3 Å². The van der Waals surface area contributed by atoms with Crippen LogP contribution in [0.1, 0.15) is 11.6 Å². The van der Waals surface area contributed by atoms with Crippen LogP contribution in [0, 0.1) is 0 Å². The Labute approximate surface area is 127 Å². The molecule has 2 heterocycles. The van der Waals surface area contributed by atoms with Crippen molar-refractivity contribution in [3.05, 3.63) is 60.4 Å². The van der Waals surface area contributed by atoms with Gasteiger partial charge in [-0.15, -0.1) is 12.4 Å². The van der Waals surface area contributed by atoms with Crippen LogP contribution in [0.3, 0.4) is 0 Å². The van der Waals surface area contributed by atoms with Crippen molar-refractivity contribution < 1.29 is 4.79 Å². The number of benzene rings is 1. The molecule has 0 aliphatic carbocycles. The molecule has 1 atom stereocenters. The lowest BCUT2D eigenvalue weighted by Crippen LogP contribution is -2.28. The zero-order chi connectivity index (χ0) is 13.9. The second-order valence-electron chi connectivity index (χ2n) is 4.31. The molecule has 0 aliphatic heterocycles. The highest BCUT2D eigenvalue weighted by Crippen LogP contribution is 2.14. The number of halogens is 1. The number of nitrogens with one attached hydrogen (secondary N) is 1. The van der Waals surface area contributed by atoms with Crippen molar-refractivity contribution in [2.45, 2.75) is 6.04 Å². The number of nitrogens with zero attached hydrogens (tertiary/aromatic N) is 3. The lowest BCUT2D eigenvalue weighted by atomic mass is 10.1. The number of aromatic nitrogens is 3. The van der Waals surface area contributed by atoms with Crippen LogP contribution in [0.25, 0.3) is 5.65 Å². The minimum atomic E-state index is -0.727. The Hall–Kier alpha value is -2.44. The highest BCUT2D eigenvalue weighted by Gasteiger charge is 2.16. The number of carbonyl (C=O) groups is 1. The van der Waals surface area contributed by atoms with Crippen molar-refractivity contribution in [2.75, 3.05) is 5.32 Å². The van der Waals surface area contributed by atoms with Gasteiger partial charge >= 0.3 is 0 Å². The molecular formula is C14H14ClN5O. The van der Waals surface area contributed by atoms with Gasteiger partial charge in [0, 0.05) is 12.3 Å². The summed E-state index contributed by atoms with van der Waals surface area (Å²) in [7, 11) is 0. The molecule has 3 rings (SSSR count). The summed E-state index contributed by atoms with van der Waals surface area (Å²) >= 11 is 0. The average Bonchev–Trinajstić information content (AvgIpc) is 2.97. The number of carbonyl (C=O) groups excluding carboxylic acids is 1. The summed E-state index contributed by atoms with van der Waals surface area (Å²) in [6, 6.07) is 11.9. The molecule has 0 fully saturated rings. The molecule has 0 saturated heterocycles. The fraction of sp³-hybridized carbons (Fsp3) is 0.0714. The molecule has 0 aliphatic rings. The van der Waals surface area contributed by atoms with E-state index in [2.05, 4.69) is 15.4 Å². The Morgan fingerprint density at radius 2 is 1.90 bits per heavy atom. The van der Waals surface area contributed by atoms with E-state index in [0.717, 1.165) is 5.56 Å². The Morgan fingerprint density at radius 3 is 2.67 bits per heavy atom.